The lowest BCUT2D eigenvalue weighted by Crippen LogP contribution is -2.61. The van der Waals surface area contributed by atoms with Crippen molar-refractivity contribution >= 4 is 11.9 Å². The van der Waals surface area contributed by atoms with E-state index in [1.54, 1.807) is 0 Å². The first-order valence-corrected chi connectivity index (χ1v) is 30.9. The van der Waals surface area contributed by atoms with Gasteiger partial charge in [0.2, 0.25) is 0 Å². The lowest BCUT2D eigenvalue weighted by atomic mass is 9.98. The van der Waals surface area contributed by atoms with Crippen molar-refractivity contribution < 1.29 is 73.8 Å². The molecule has 0 saturated carbocycles. The van der Waals surface area contributed by atoms with Crippen molar-refractivity contribution in [2.75, 3.05) is 26.4 Å². The van der Waals surface area contributed by atoms with Crippen molar-refractivity contribution in [1.29, 1.82) is 0 Å². The zero-order chi connectivity index (χ0) is 55.3. The van der Waals surface area contributed by atoms with Gasteiger partial charge < -0.3 is 64.2 Å². The minimum atomic E-state index is -1.77. The van der Waals surface area contributed by atoms with Crippen LogP contribution in [0.2, 0.25) is 0 Å². The number of allylic oxidation sites excluding steroid dienone is 4. The van der Waals surface area contributed by atoms with Gasteiger partial charge in [0.05, 0.1) is 19.8 Å². The Kier molecular flexibility index (Phi) is 44.0. The van der Waals surface area contributed by atoms with Gasteiger partial charge in [-0.3, -0.25) is 9.59 Å². The monoisotopic (exact) mass is 1080 g/mol. The number of carbonyl (C=O) groups excluding carboxylic acids is 2. The number of aliphatic hydroxyl groups excluding tert-OH is 7. The van der Waals surface area contributed by atoms with Crippen LogP contribution in [-0.2, 0) is 38.0 Å². The smallest absolute Gasteiger partial charge is 0.306 e. The van der Waals surface area contributed by atoms with Crippen LogP contribution in [-0.4, -0.2) is 142 Å². The highest BCUT2D eigenvalue weighted by molar-refractivity contribution is 5.70. The zero-order valence-electron chi connectivity index (χ0n) is 47.8. The molecule has 15 nitrogen and oxygen atoms in total. The fourth-order valence-corrected chi connectivity index (χ4v) is 9.87. The van der Waals surface area contributed by atoms with E-state index >= 15 is 0 Å². The van der Waals surface area contributed by atoms with E-state index in [1.807, 2.05) is 0 Å². The molecule has 0 aromatic carbocycles. The molecule has 0 radical (unpaired) electrons. The topological polar surface area (TPSA) is 231 Å². The number of ether oxygens (including phenoxy) is 6. The molecule has 11 atom stereocenters. The van der Waals surface area contributed by atoms with Crippen molar-refractivity contribution in [2.45, 2.75) is 325 Å². The van der Waals surface area contributed by atoms with Crippen molar-refractivity contribution in [1.82, 2.24) is 0 Å². The SMILES string of the molecule is CCCCCC/C=C/CCCCCCCCCCCC(=O)OC[C@H](CO[C@H]1O[C@@H](CO[C@H]2O[C@@H](CO)[C@@H](O)C(O)C2O)[C@@H](O)C(O)C1O)OC(=O)CCC/C=C/CCCCCCCCCCCCCCCCCCCC. The van der Waals surface area contributed by atoms with E-state index in [2.05, 4.69) is 38.2 Å². The lowest BCUT2D eigenvalue weighted by Gasteiger charge is -2.42. The van der Waals surface area contributed by atoms with Crippen LogP contribution < -0.4 is 0 Å². The second-order valence-corrected chi connectivity index (χ2v) is 21.9. The van der Waals surface area contributed by atoms with E-state index in [0.29, 0.717) is 19.3 Å². The highest BCUT2D eigenvalue weighted by atomic mass is 16.7. The van der Waals surface area contributed by atoms with Crippen LogP contribution in [0.25, 0.3) is 0 Å². The minimum Gasteiger partial charge on any atom is -0.462 e. The Morgan fingerprint density at radius 2 is 0.763 bits per heavy atom. The Labute approximate surface area is 460 Å². The van der Waals surface area contributed by atoms with E-state index < -0.39 is 92.7 Å². The molecule has 2 rings (SSSR count). The highest BCUT2D eigenvalue weighted by Crippen LogP contribution is 2.27. The molecule has 2 aliphatic rings. The molecular weight excluding hydrogens is 973 g/mol. The van der Waals surface area contributed by atoms with Crippen molar-refractivity contribution in [3.63, 3.8) is 0 Å². The summed E-state index contributed by atoms with van der Waals surface area (Å²) in [6.45, 7) is 2.60. The number of esters is 2. The van der Waals surface area contributed by atoms with Crippen LogP contribution in [0.5, 0.6) is 0 Å². The van der Waals surface area contributed by atoms with Gasteiger partial charge in [0.1, 0.15) is 55.4 Å². The quantitative estimate of drug-likeness (QED) is 0.0171. The minimum absolute atomic E-state index is 0.120. The van der Waals surface area contributed by atoms with E-state index in [0.717, 1.165) is 32.1 Å². The Bertz CT molecular complexity index is 1410. The molecule has 2 aliphatic heterocycles. The Balaban J connectivity index is 1.73. The van der Waals surface area contributed by atoms with Gasteiger partial charge in [0.25, 0.3) is 0 Å². The van der Waals surface area contributed by atoms with Gasteiger partial charge in [0.15, 0.2) is 18.7 Å². The lowest BCUT2D eigenvalue weighted by molar-refractivity contribution is -0.332. The summed E-state index contributed by atoms with van der Waals surface area (Å²) in [5.41, 5.74) is 0. The summed E-state index contributed by atoms with van der Waals surface area (Å²) in [6, 6.07) is 0. The summed E-state index contributed by atoms with van der Waals surface area (Å²) >= 11 is 0. The molecule has 0 spiro atoms. The number of aliphatic hydroxyl groups is 7. The number of hydrogen-bond acceptors (Lipinski definition) is 15. The van der Waals surface area contributed by atoms with Crippen molar-refractivity contribution in [3.05, 3.63) is 24.3 Å². The maximum Gasteiger partial charge on any atom is 0.306 e. The molecule has 0 aromatic rings. The third-order valence-electron chi connectivity index (χ3n) is 14.9. The molecular formula is C61H112O15. The first kappa shape index (κ1) is 70.1. The van der Waals surface area contributed by atoms with Gasteiger partial charge in [-0.15, -0.1) is 0 Å². The van der Waals surface area contributed by atoms with Crippen LogP contribution in [0.4, 0.5) is 0 Å². The van der Waals surface area contributed by atoms with Gasteiger partial charge in [-0.1, -0.05) is 212 Å². The molecule has 0 aromatic heterocycles. The first-order chi connectivity index (χ1) is 37.0. The van der Waals surface area contributed by atoms with Gasteiger partial charge in [-0.25, -0.2) is 0 Å². The molecule has 2 saturated heterocycles. The van der Waals surface area contributed by atoms with Crippen molar-refractivity contribution in [3.8, 4) is 0 Å². The molecule has 0 bridgehead atoms. The van der Waals surface area contributed by atoms with Crippen molar-refractivity contribution in [2.24, 2.45) is 0 Å². The standard InChI is InChI=1S/C61H112O15/c1-3-5-7-9-11-13-15-17-19-21-22-23-24-25-26-28-30-32-34-36-38-40-42-44-53(64)74-49(46-71-52(63)43-41-39-37-35-33-31-29-27-20-18-16-14-12-10-8-6-4-2)47-72-60-59(70)57(68)55(66)51(76-60)48-73-61-58(69)56(67)54(65)50(45-62)75-61/h14,16,36,38,49-51,54-62,65-70H,3-13,15,17-35,37,39-48H2,1-2H3/b16-14+,38-36+/t49-,50+,51+,54-,55-,56?,57?,58?,59?,60+,61+/m1/s1. The molecule has 7 N–H and O–H groups in total. The Morgan fingerprint density at radius 3 is 1.21 bits per heavy atom. The molecule has 0 aliphatic carbocycles. The van der Waals surface area contributed by atoms with Gasteiger partial charge >= 0.3 is 11.9 Å². The summed E-state index contributed by atoms with van der Waals surface area (Å²) < 4.78 is 33.7. The average Bonchev–Trinajstić information content (AvgIpc) is 3.42. The molecule has 0 amide bonds. The summed E-state index contributed by atoms with van der Waals surface area (Å²) in [4.78, 5) is 25.9. The van der Waals surface area contributed by atoms with Crippen LogP contribution in [0, 0.1) is 0 Å². The van der Waals surface area contributed by atoms with Crippen LogP contribution in [0.15, 0.2) is 24.3 Å². The fourth-order valence-electron chi connectivity index (χ4n) is 9.87. The summed E-state index contributed by atoms with van der Waals surface area (Å²) in [5, 5.41) is 72.3. The molecule has 446 valence electrons. The molecule has 2 heterocycles. The average molecular weight is 1090 g/mol. The Morgan fingerprint density at radius 1 is 0.408 bits per heavy atom. The normalized spacial score (nSPS) is 24.4. The molecule has 15 heteroatoms. The van der Waals surface area contributed by atoms with Crippen LogP contribution in [0.1, 0.15) is 258 Å². The second kappa shape index (κ2) is 47.8. The number of rotatable bonds is 50. The largest absolute Gasteiger partial charge is 0.462 e. The highest BCUT2D eigenvalue weighted by Gasteiger charge is 2.47. The first-order valence-electron chi connectivity index (χ1n) is 30.9. The van der Waals surface area contributed by atoms with E-state index in [4.69, 9.17) is 28.4 Å². The number of hydrogen-bond donors (Lipinski definition) is 7. The zero-order valence-corrected chi connectivity index (χ0v) is 47.8. The van der Waals surface area contributed by atoms with E-state index in [9.17, 15) is 45.3 Å². The van der Waals surface area contributed by atoms with E-state index in [1.165, 1.54) is 180 Å². The second-order valence-electron chi connectivity index (χ2n) is 21.9. The van der Waals surface area contributed by atoms with Crippen LogP contribution >= 0.6 is 0 Å². The number of unbranched alkanes of at least 4 members (excludes halogenated alkanes) is 32. The van der Waals surface area contributed by atoms with Crippen LogP contribution in [0.3, 0.4) is 0 Å². The third-order valence-corrected chi connectivity index (χ3v) is 14.9. The summed E-state index contributed by atoms with van der Waals surface area (Å²) in [7, 11) is 0. The number of carbonyl (C=O) groups is 2. The molecule has 2 fully saturated rings. The van der Waals surface area contributed by atoms with Gasteiger partial charge in [-0.05, 0) is 57.8 Å². The summed E-state index contributed by atoms with van der Waals surface area (Å²) in [6.07, 6.45) is 36.4. The predicted molar refractivity (Wildman–Crippen MR) is 298 cm³/mol. The van der Waals surface area contributed by atoms with E-state index in [-0.39, 0.29) is 26.1 Å². The summed E-state index contributed by atoms with van der Waals surface area (Å²) in [5.74, 6) is -0.952. The molecule has 76 heavy (non-hydrogen) atoms. The van der Waals surface area contributed by atoms with Gasteiger partial charge in [-0.2, -0.15) is 0 Å². The maximum absolute atomic E-state index is 13.1. The fraction of sp³-hybridized carbons (Fsp3) is 0.902. The Hall–Kier alpha value is -2.02. The predicted octanol–water partition coefficient (Wildman–Crippen LogP) is 11.1. The third kappa shape index (κ3) is 34.2. The maximum atomic E-state index is 13.1. The van der Waals surface area contributed by atoms with Gasteiger partial charge in [0, 0.05) is 12.8 Å². The molecule has 4 unspecified atom stereocenters.